The van der Waals surface area contributed by atoms with Crippen molar-refractivity contribution in [1.29, 1.82) is 0 Å². The summed E-state index contributed by atoms with van der Waals surface area (Å²) in [4.78, 5) is 30.0. The molecule has 0 saturated heterocycles. The summed E-state index contributed by atoms with van der Waals surface area (Å²) in [6, 6.07) is 6.60. The highest BCUT2D eigenvalue weighted by atomic mass is 127. The van der Waals surface area contributed by atoms with E-state index in [-0.39, 0.29) is 11.5 Å². The van der Waals surface area contributed by atoms with Gasteiger partial charge in [-0.3, -0.25) is 4.79 Å². The predicted octanol–water partition coefficient (Wildman–Crippen LogP) is 2.22. The van der Waals surface area contributed by atoms with Gasteiger partial charge in [-0.1, -0.05) is 12.1 Å². The molecule has 0 saturated carbocycles. The lowest BCUT2D eigenvalue weighted by Gasteiger charge is -2.03. The van der Waals surface area contributed by atoms with E-state index in [0.29, 0.717) is 27.1 Å². The van der Waals surface area contributed by atoms with Crippen LogP contribution < -0.4 is 5.56 Å². The van der Waals surface area contributed by atoms with Crippen LogP contribution in [0.1, 0.15) is 17.3 Å². The quantitative estimate of drug-likeness (QED) is 0.665. The average Bonchev–Trinajstić information content (AvgIpc) is 2.42. The van der Waals surface area contributed by atoms with Crippen LogP contribution in [0.2, 0.25) is 0 Å². The third-order valence-corrected chi connectivity index (χ3v) is 2.98. The Morgan fingerprint density at radius 2 is 2.05 bits per heavy atom. The fourth-order valence-corrected chi connectivity index (χ4v) is 1.95. The van der Waals surface area contributed by atoms with Crippen LogP contribution in [0.4, 0.5) is 0 Å². The zero-order chi connectivity index (χ0) is 13.8. The summed E-state index contributed by atoms with van der Waals surface area (Å²) >= 11 is 2.02. The van der Waals surface area contributed by atoms with Crippen LogP contribution >= 0.6 is 22.6 Å². The van der Waals surface area contributed by atoms with E-state index in [0.717, 1.165) is 0 Å². The highest BCUT2D eigenvalue weighted by Gasteiger charge is 2.09. The number of esters is 1. The summed E-state index contributed by atoms with van der Waals surface area (Å²) < 4.78 is 5.59. The molecule has 5 nitrogen and oxygen atoms in total. The number of carbonyl (C=O) groups is 1. The molecule has 0 spiro atoms. The molecule has 1 N–H and O–H groups in total. The van der Waals surface area contributed by atoms with E-state index in [1.165, 1.54) is 0 Å². The SMILES string of the molecule is CCOC(=O)c1ccc(-c2nc(I)c[nH]c2=O)cc1. The normalized spacial score (nSPS) is 10.2. The van der Waals surface area contributed by atoms with Gasteiger partial charge in [0.2, 0.25) is 0 Å². The number of halogens is 1. The molecule has 0 atom stereocenters. The molecule has 1 aromatic carbocycles. The van der Waals surface area contributed by atoms with Crippen molar-refractivity contribution in [2.45, 2.75) is 6.92 Å². The monoisotopic (exact) mass is 370 g/mol. The average molecular weight is 370 g/mol. The molecule has 0 amide bonds. The van der Waals surface area contributed by atoms with Gasteiger partial charge in [-0.05, 0) is 41.6 Å². The third kappa shape index (κ3) is 3.19. The molecular weight excluding hydrogens is 359 g/mol. The Morgan fingerprint density at radius 1 is 1.37 bits per heavy atom. The molecule has 6 heteroatoms. The van der Waals surface area contributed by atoms with Crippen molar-refractivity contribution in [3.8, 4) is 11.3 Å². The lowest BCUT2D eigenvalue weighted by atomic mass is 10.1. The maximum Gasteiger partial charge on any atom is 0.338 e. The summed E-state index contributed by atoms with van der Waals surface area (Å²) in [6.07, 6.45) is 1.54. The van der Waals surface area contributed by atoms with Gasteiger partial charge in [-0.15, -0.1) is 0 Å². The van der Waals surface area contributed by atoms with Crippen LogP contribution in [0.25, 0.3) is 11.3 Å². The minimum absolute atomic E-state index is 0.260. The Labute approximate surface area is 123 Å². The summed E-state index contributed by atoms with van der Waals surface area (Å²) in [7, 11) is 0. The second-order valence-electron chi connectivity index (χ2n) is 3.70. The van der Waals surface area contributed by atoms with Gasteiger partial charge >= 0.3 is 5.97 Å². The van der Waals surface area contributed by atoms with Crippen LogP contribution in [-0.2, 0) is 4.74 Å². The minimum atomic E-state index is -0.376. The fourth-order valence-electron chi connectivity index (χ4n) is 1.56. The van der Waals surface area contributed by atoms with Crippen LogP contribution in [0, 0.1) is 3.70 Å². The number of carbonyl (C=O) groups excluding carboxylic acids is 1. The van der Waals surface area contributed by atoms with Gasteiger partial charge in [-0.2, -0.15) is 0 Å². The first-order chi connectivity index (χ1) is 9.11. The molecule has 2 rings (SSSR count). The molecule has 1 heterocycles. The molecule has 0 aliphatic carbocycles. The number of nitrogens with zero attached hydrogens (tertiary/aromatic N) is 1. The van der Waals surface area contributed by atoms with Gasteiger partial charge in [0.1, 0.15) is 9.39 Å². The zero-order valence-corrected chi connectivity index (χ0v) is 12.3. The number of H-pyrrole nitrogens is 1. The van der Waals surface area contributed by atoms with Crippen LogP contribution in [-0.4, -0.2) is 22.5 Å². The summed E-state index contributed by atoms with van der Waals surface area (Å²) in [5.74, 6) is -0.376. The van der Waals surface area contributed by atoms with Crippen molar-refractivity contribution >= 4 is 28.6 Å². The Balaban J connectivity index is 2.35. The number of hydrogen-bond donors (Lipinski definition) is 1. The zero-order valence-electron chi connectivity index (χ0n) is 10.1. The molecule has 0 bridgehead atoms. The van der Waals surface area contributed by atoms with Gasteiger partial charge in [0.15, 0.2) is 0 Å². The van der Waals surface area contributed by atoms with E-state index in [1.807, 2.05) is 22.6 Å². The topological polar surface area (TPSA) is 72.0 Å². The lowest BCUT2D eigenvalue weighted by molar-refractivity contribution is 0.0526. The third-order valence-electron chi connectivity index (χ3n) is 2.43. The smallest absolute Gasteiger partial charge is 0.338 e. The molecule has 0 radical (unpaired) electrons. The number of hydrogen-bond acceptors (Lipinski definition) is 4. The minimum Gasteiger partial charge on any atom is -0.462 e. The number of aromatic amines is 1. The number of benzene rings is 1. The molecular formula is C13H11IN2O3. The fraction of sp³-hybridized carbons (Fsp3) is 0.154. The highest BCUT2D eigenvalue weighted by molar-refractivity contribution is 14.1. The first-order valence-corrected chi connectivity index (χ1v) is 6.72. The van der Waals surface area contributed by atoms with E-state index < -0.39 is 0 Å². The molecule has 0 unspecified atom stereocenters. The number of aromatic nitrogens is 2. The van der Waals surface area contributed by atoms with E-state index in [4.69, 9.17) is 4.74 Å². The number of nitrogens with one attached hydrogen (secondary N) is 1. The Hall–Kier alpha value is -1.70. The molecule has 2 aromatic rings. The van der Waals surface area contributed by atoms with E-state index in [2.05, 4.69) is 9.97 Å². The van der Waals surface area contributed by atoms with Gasteiger partial charge < -0.3 is 9.72 Å². The van der Waals surface area contributed by atoms with Crippen LogP contribution in [0.5, 0.6) is 0 Å². The van der Waals surface area contributed by atoms with Gasteiger partial charge in [0, 0.05) is 11.8 Å². The molecule has 98 valence electrons. The van der Waals surface area contributed by atoms with Crippen molar-refractivity contribution in [2.75, 3.05) is 6.61 Å². The van der Waals surface area contributed by atoms with Gasteiger partial charge in [0.05, 0.1) is 12.2 Å². The van der Waals surface area contributed by atoms with Crippen LogP contribution in [0.15, 0.2) is 35.3 Å². The van der Waals surface area contributed by atoms with Crippen molar-refractivity contribution in [3.63, 3.8) is 0 Å². The first kappa shape index (κ1) is 13.7. The lowest BCUT2D eigenvalue weighted by Crippen LogP contribution is -2.11. The molecule has 1 aromatic heterocycles. The van der Waals surface area contributed by atoms with E-state index in [9.17, 15) is 9.59 Å². The Morgan fingerprint density at radius 3 is 2.68 bits per heavy atom. The van der Waals surface area contributed by atoms with Crippen molar-refractivity contribution in [1.82, 2.24) is 9.97 Å². The predicted molar refractivity (Wildman–Crippen MR) is 79.0 cm³/mol. The summed E-state index contributed by atoms with van der Waals surface area (Å²) in [6.45, 7) is 2.08. The maximum absolute atomic E-state index is 11.7. The van der Waals surface area contributed by atoms with E-state index >= 15 is 0 Å². The van der Waals surface area contributed by atoms with E-state index in [1.54, 1.807) is 37.4 Å². The standard InChI is InChI=1S/C13H11IN2O3/c1-2-19-13(18)9-5-3-8(4-6-9)11-12(17)15-7-10(14)16-11/h3-7H,2H2,1H3,(H,15,17). The molecule has 0 aliphatic rings. The second-order valence-corrected chi connectivity index (χ2v) is 4.80. The highest BCUT2D eigenvalue weighted by Crippen LogP contribution is 2.15. The van der Waals surface area contributed by atoms with Crippen molar-refractivity contribution in [3.05, 3.63) is 50.1 Å². The van der Waals surface area contributed by atoms with Crippen molar-refractivity contribution in [2.24, 2.45) is 0 Å². The summed E-state index contributed by atoms with van der Waals surface area (Å²) in [5, 5.41) is 0. The number of rotatable bonds is 3. The second kappa shape index (κ2) is 5.96. The Bertz CT molecular complexity index is 650. The molecule has 0 aliphatic heterocycles. The van der Waals surface area contributed by atoms with Crippen LogP contribution in [0.3, 0.4) is 0 Å². The van der Waals surface area contributed by atoms with Gasteiger partial charge in [-0.25, -0.2) is 9.78 Å². The molecule has 0 fully saturated rings. The Kier molecular flexibility index (Phi) is 4.31. The first-order valence-electron chi connectivity index (χ1n) is 5.64. The summed E-state index contributed by atoms with van der Waals surface area (Å²) in [5.41, 5.74) is 1.19. The largest absolute Gasteiger partial charge is 0.462 e. The maximum atomic E-state index is 11.7. The molecule has 19 heavy (non-hydrogen) atoms. The van der Waals surface area contributed by atoms with Gasteiger partial charge in [0.25, 0.3) is 5.56 Å². The van der Waals surface area contributed by atoms with Crippen molar-refractivity contribution < 1.29 is 9.53 Å². The number of ether oxygens (including phenoxy) is 1.